The lowest BCUT2D eigenvalue weighted by atomic mass is 10.3. The molecule has 10 heteroatoms. The second-order valence-corrected chi connectivity index (χ2v) is 5.92. The molecule has 0 aliphatic rings. The molecule has 0 spiro atoms. The van der Waals surface area contributed by atoms with Crippen molar-refractivity contribution in [3.05, 3.63) is 39.2 Å². The molecular weight excluding hydrogens is 342 g/mol. The smallest absolute Gasteiger partial charge is 0.271 e. The number of non-ortho nitro benzene ring substituents is 1. The molecule has 2 N–H and O–H groups in total. The number of hydrogen-bond donors (Lipinski definition) is 2. The van der Waals surface area contributed by atoms with Crippen LogP contribution in [0, 0.1) is 10.1 Å². The van der Waals surface area contributed by atoms with Gasteiger partial charge in [0.25, 0.3) is 5.69 Å². The van der Waals surface area contributed by atoms with Gasteiger partial charge in [-0.15, -0.1) is 5.10 Å². The van der Waals surface area contributed by atoms with Gasteiger partial charge in [-0.25, -0.2) is 4.98 Å². The second kappa shape index (κ2) is 7.93. The van der Waals surface area contributed by atoms with Crippen molar-refractivity contribution in [1.29, 1.82) is 0 Å². The van der Waals surface area contributed by atoms with Crippen LogP contribution in [-0.4, -0.2) is 31.8 Å². The van der Waals surface area contributed by atoms with Gasteiger partial charge in [-0.3, -0.25) is 20.0 Å². The maximum absolute atomic E-state index is 11.9. The van der Waals surface area contributed by atoms with Crippen molar-refractivity contribution in [3.8, 4) is 0 Å². The predicted octanol–water partition coefficient (Wildman–Crippen LogP) is 3.05. The van der Waals surface area contributed by atoms with Crippen molar-refractivity contribution in [2.75, 3.05) is 11.1 Å². The Morgan fingerprint density at radius 3 is 2.96 bits per heavy atom. The summed E-state index contributed by atoms with van der Waals surface area (Å²) in [6, 6.07) is 3.87. The van der Waals surface area contributed by atoms with Crippen LogP contribution in [0.3, 0.4) is 0 Å². The molecule has 1 amide bonds. The fraction of sp³-hybridized carbons (Fsp3) is 0.308. The van der Waals surface area contributed by atoms with Crippen LogP contribution in [0.5, 0.6) is 0 Å². The van der Waals surface area contributed by atoms with Gasteiger partial charge in [0.1, 0.15) is 5.82 Å². The largest absolute Gasteiger partial charge is 0.324 e. The van der Waals surface area contributed by atoms with Gasteiger partial charge in [-0.1, -0.05) is 30.3 Å². The Balaban J connectivity index is 1.90. The summed E-state index contributed by atoms with van der Waals surface area (Å²) in [5.41, 5.74) is 0.191. The van der Waals surface area contributed by atoms with Gasteiger partial charge in [0.15, 0.2) is 0 Å². The van der Waals surface area contributed by atoms with Crippen LogP contribution in [0.15, 0.2) is 23.4 Å². The third-order valence-electron chi connectivity index (χ3n) is 2.77. The maximum Gasteiger partial charge on any atom is 0.271 e. The number of halogens is 1. The molecule has 1 heterocycles. The van der Waals surface area contributed by atoms with E-state index in [0.717, 1.165) is 18.7 Å². The van der Waals surface area contributed by atoms with Crippen LogP contribution in [0.1, 0.15) is 19.2 Å². The summed E-state index contributed by atoms with van der Waals surface area (Å²) < 4.78 is 0. The van der Waals surface area contributed by atoms with E-state index in [1.54, 1.807) is 0 Å². The van der Waals surface area contributed by atoms with Crippen molar-refractivity contribution in [1.82, 2.24) is 15.2 Å². The van der Waals surface area contributed by atoms with Gasteiger partial charge in [-0.2, -0.15) is 0 Å². The number of benzene rings is 1. The highest BCUT2D eigenvalue weighted by atomic mass is 35.5. The Kier molecular flexibility index (Phi) is 5.94. The van der Waals surface area contributed by atoms with E-state index >= 15 is 0 Å². The first-order valence-electron chi connectivity index (χ1n) is 6.77. The second-order valence-electron chi connectivity index (χ2n) is 4.57. The summed E-state index contributed by atoms with van der Waals surface area (Å²) in [6.45, 7) is 2.04. The number of amides is 1. The molecule has 1 aromatic carbocycles. The first-order valence-corrected chi connectivity index (χ1v) is 8.13. The summed E-state index contributed by atoms with van der Waals surface area (Å²) in [5.74, 6) is 0.595. The first-order chi connectivity index (χ1) is 11.0. The lowest BCUT2D eigenvalue weighted by Gasteiger charge is -2.06. The quantitative estimate of drug-likeness (QED) is 0.448. The third-order valence-corrected chi connectivity index (χ3v) is 3.93. The lowest BCUT2D eigenvalue weighted by Crippen LogP contribution is -2.14. The first kappa shape index (κ1) is 17.2. The summed E-state index contributed by atoms with van der Waals surface area (Å²) >= 11 is 7.11. The zero-order valence-electron chi connectivity index (χ0n) is 12.2. The Hall–Kier alpha value is -2.13. The third kappa shape index (κ3) is 4.93. The summed E-state index contributed by atoms with van der Waals surface area (Å²) in [5, 5.41) is 20.7. The van der Waals surface area contributed by atoms with Crippen LogP contribution in [0.2, 0.25) is 5.02 Å². The molecule has 122 valence electrons. The molecule has 2 rings (SSSR count). The number of anilines is 1. The average Bonchev–Trinajstić information content (AvgIpc) is 2.95. The molecular formula is C13H14ClN5O3S. The monoisotopic (exact) mass is 355 g/mol. The molecule has 0 saturated carbocycles. The number of carbonyl (C=O) groups excluding carboxylic acids is 1. The lowest BCUT2D eigenvalue weighted by molar-refractivity contribution is -0.384. The van der Waals surface area contributed by atoms with Crippen molar-refractivity contribution in [2.45, 2.75) is 24.9 Å². The molecule has 2 aromatic rings. The zero-order valence-corrected chi connectivity index (χ0v) is 13.8. The number of aromatic nitrogens is 3. The number of nitro groups is 1. The number of aromatic amines is 1. The van der Waals surface area contributed by atoms with Crippen molar-refractivity contribution in [3.63, 3.8) is 0 Å². The Morgan fingerprint density at radius 1 is 1.52 bits per heavy atom. The summed E-state index contributed by atoms with van der Waals surface area (Å²) in [4.78, 5) is 26.2. The van der Waals surface area contributed by atoms with Crippen LogP contribution in [-0.2, 0) is 11.2 Å². The van der Waals surface area contributed by atoms with Gasteiger partial charge in [0, 0.05) is 18.6 Å². The fourth-order valence-electron chi connectivity index (χ4n) is 1.73. The number of aryl methyl sites for hydroxylation is 1. The molecule has 0 saturated heterocycles. The number of H-pyrrole nitrogens is 1. The number of rotatable bonds is 7. The minimum absolute atomic E-state index is 0.108. The van der Waals surface area contributed by atoms with E-state index in [1.165, 1.54) is 30.0 Å². The number of nitrogens with one attached hydrogen (secondary N) is 2. The van der Waals surface area contributed by atoms with Gasteiger partial charge < -0.3 is 5.32 Å². The maximum atomic E-state index is 11.9. The van der Waals surface area contributed by atoms with E-state index in [9.17, 15) is 14.9 Å². The molecule has 0 bridgehead atoms. The number of thioether (sulfide) groups is 1. The minimum atomic E-state index is -0.551. The van der Waals surface area contributed by atoms with Crippen LogP contribution in [0.4, 0.5) is 11.4 Å². The van der Waals surface area contributed by atoms with Gasteiger partial charge in [-0.05, 0) is 12.5 Å². The SMILES string of the molecule is CCCc1nc(SCC(=O)Nc2ccc([N+](=O)[O-])cc2Cl)n[nH]1. The molecule has 0 aliphatic heterocycles. The highest BCUT2D eigenvalue weighted by Gasteiger charge is 2.12. The number of carbonyl (C=O) groups is 1. The molecule has 23 heavy (non-hydrogen) atoms. The van der Waals surface area contributed by atoms with Crippen LogP contribution < -0.4 is 5.32 Å². The highest BCUT2D eigenvalue weighted by molar-refractivity contribution is 7.99. The van der Waals surface area contributed by atoms with E-state index in [-0.39, 0.29) is 22.4 Å². The van der Waals surface area contributed by atoms with E-state index in [0.29, 0.717) is 10.8 Å². The van der Waals surface area contributed by atoms with E-state index < -0.39 is 4.92 Å². The van der Waals surface area contributed by atoms with E-state index in [4.69, 9.17) is 11.6 Å². The Morgan fingerprint density at radius 2 is 2.30 bits per heavy atom. The molecule has 1 aromatic heterocycles. The number of hydrogen-bond acceptors (Lipinski definition) is 6. The Labute approximate surface area is 141 Å². The number of nitrogens with zero attached hydrogens (tertiary/aromatic N) is 3. The standard InChI is InChI=1S/C13H14ClN5O3S/c1-2-3-11-16-13(18-17-11)23-7-12(20)15-10-5-4-8(19(21)22)6-9(10)14/h4-6H,2-3,7H2,1H3,(H,15,20)(H,16,17,18). The molecule has 0 radical (unpaired) electrons. The summed E-state index contributed by atoms with van der Waals surface area (Å²) in [6.07, 6.45) is 1.76. The highest BCUT2D eigenvalue weighted by Crippen LogP contribution is 2.26. The van der Waals surface area contributed by atoms with Crippen LogP contribution >= 0.6 is 23.4 Å². The molecule has 0 unspecified atom stereocenters. The topological polar surface area (TPSA) is 114 Å². The zero-order chi connectivity index (χ0) is 16.8. The number of nitro benzene ring substituents is 1. The van der Waals surface area contributed by atoms with E-state index in [2.05, 4.69) is 20.5 Å². The molecule has 0 atom stereocenters. The van der Waals surface area contributed by atoms with Gasteiger partial charge >= 0.3 is 0 Å². The van der Waals surface area contributed by atoms with Crippen LogP contribution in [0.25, 0.3) is 0 Å². The van der Waals surface area contributed by atoms with Crippen molar-refractivity contribution < 1.29 is 9.72 Å². The van der Waals surface area contributed by atoms with Crippen molar-refractivity contribution >= 4 is 40.6 Å². The fourth-order valence-corrected chi connectivity index (χ4v) is 2.57. The van der Waals surface area contributed by atoms with Crippen molar-refractivity contribution in [2.24, 2.45) is 0 Å². The van der Waals surface area contributed by atoms with Gasteiger partial charge in [0.2, 0.25) is 11.1 Å². The predicted molar refractivity (Wildman–Crippen MR) is 87.8 cm³/mol. The molecule has 8 nitrogen and oxygen atoms in total. The Bertz CT molecular complexity index is 721. The average molecular weight is 356 g/mol. The molecule has 0 fully saturated rings. The normalized spacial score (nSPS) is 10.5. The minimum Gasteiger partial charge on any atom is -0.324 e. The van der Waals surface area contributed by atoms with E-state index in [1.807, 2.05) is 6.92 Å². The summed E-state index contributed by atoms with van der Waals surface area (Å²) in [7, 11) is 0. The molecule has 0 aliphatic carbocycles. The van der Waals surface area contributed by atoms with Gasteiger partial charge in [0.05, 0.1) is 21.4 Å².